The number of hydrogen-bond donors (Lipinski definition) is 2. The van der Waals surface area contributed by atoms with E-state index in [1.807, 2.05) is 0 Å². The average Bonchev–Trinajstić information content (AvgIpc) is 2.34. The molecule has 5 nitrogen and oxygen atoms in total. The molecular weight excluding hydrogens is 176 g/mol. The Bertz CT molecular complexity index is 205. The highest BCUT2D eigenvalue weighted by atomic mass is 16.8. The van der Waals surface area contributed by atoms with Crippen molar-refractivity contribution in [2.75, 3.05) is 6.61 Å². The summed E-state index contributed by atoms with van der Waals surface area (Å²) in [5, 5.41) is 18.7. The number of rotatable bonds is 0. The lowest BCUT2D eigenvalue weighted by Gasteiger charge is -2.31. The van der Waals surface area contributed by atoms with Crippen molar-refractivity contribution in [1.29, 1.82) is 0 Å². The van der Waals surface area contributed by atoms with Gasteiger partial charge in [0, 0.05) is 0 Å². The van der Waals surface area contributed by atoms with Gasteiger partial charge in [0.1, 0.15) is 18.3 Å². The van der Waals surface area contributed by atoms with Crippen molar-refractivity contribution in [2.24, 2.45) is 0 Å². The molecule has 2 saturated heterocycles. The van der Waals surface area contributed by atoms with Crippen LogP contribution in [-0.4, -0.2) is 47.2 Å². The van der Waals surface area contributed by atoms with Crippen molar-refractivity contribution in [2.45, 2.75) is 44.2 Å². The maximum atomic E-state index is 9.50. The Morgan fingerprint density at radius 3 is 2.62 bits per heavy atom. The van der Waals surface area contributed by atoms with Crippen molar-refractivity contribution in [3.8, 4) is 0 Å². The molecule has 2 fully saturated rings. The molecule has 0 spiro atoms. The maximum Gasteiger partial charge on any atom is 0.183 e. The van der Waals surface area contributed by atoms with E-state index in [0.717, 1.165) is 0 Å². The summed E-state index contributed by atoms with van der Waals surface area (Å²) < 4.78 is 15.8. The lowest BCUT2D eigenvalue weighted by molar-refractivity contribution is -0.230. The van der Waals surface area contributed by atoms with Crippen molar-refractivity contribution < 1.29 is 24.4 Å². The number of ether oxygens (including phenoxy) is 3. The van der Waals surface area contributed by atoms with Gasteiger partial charge in [-0.2, -0.15) is 0 Å². The molecule has 2 aliphatic heterocycles. The molecule has 0 aromatic rings. The van der Waals surface area contributed by atoms with Crippen molar-refractivity contribution >= 4 is 0 Å². The number of aliphatic hydroxyl groups is 2. The average molecular weight is 190 g/mol. The molecule has 5 heteroatoms. The van der Waals surface area contributed by atoms with Crippen LogP contribution in [0.3, 0.4) is 0 Å². The Hall–Kier alpha value is -0.200. The van der Waals surface area contributed by atoms with Gasteiger partial charge in [-0.25, -0.2) is 0 Å². The van der Waals surface area contributed by atoms with E-state index in [4.69, 9.17) is 14.2 Å². The van der Waals surface area contributed by atoms with Gasteiger partial charge in [-0.3, -0.25) is 0 Å². The van der Waals surface area contributed by atoms with Crippen molar-refractivity contribution in [3.05, 3.63) is 0 Å². The Kier molecular flexibility index (Phi) is 2.08. The molecule has 2 heterocycles. The normalized spacial score (nSPS) is 48.9. The summed E-state index contributed by atoms with van der Waals surface area (Å²) in [5.41, 5.74) is 0. The molecule has 76 valence electrons. The first-order chi connectivity index (χ1) is 5.99. The summed E-state index contributed by atoms with van der Waals surface area (Å²) in [6, 6.07) is 0. The molecule has 0 saturated carbocycles. The zero-order valence-electron chi connectivity index (χ0n) is 7.64. The van der Waals surface area contributed by atoms with Crippen LogP contribution >= 0.6 is 0 Å². The van der Waals surface area contributed by atoms with Gasteiger partial charge < -0.3 is 24.4 Å². The summed E-state index contributed by atoms with van der Waals surface area (Å²) in [7, 11) is 0. The Morgan fingerprint density at radius 2 is 1.92 bits per heavy atom. The largest absolute Gasteiger partial charge is 0.385 e. The van der Waals surface area contributed by atoms with Crippen LogP contribution in [0, 0.1) is 0 Å². The Balaban J connectivity index is 2.11. The highest BCUT2D eigenvalue weighted by molar-refractivity contribution is 4.90. The predicted molar refractivity (Wildman–Crippen MR) is 41.8 cm³/mol. The van der Waals surface area contributed by atoms with E-state index in [-0.39, 0.29) is 12.7 Å². The molecule has 4 atom stereocenters. The van der Waals surface area contributed by atoms with E-state index in [1.54, 1.807) is 13.8 Å². The smallest absolute Gasteiger partial charge is 0.183 e. The second kappa shape index (κ2) is 2.90. The van der Waals surface area contributed by atoms with Gasteiger partial charge in [-0.1, -0.05) is 0 Å². The molecular formula is C8H14O5. The van der Waals surface area contributed by atoms with E-state index < -0.39 is 24.3 Å². The Morgan fingerprint density at radius 1 is 1.23 bits per heavy atom. The quantitative estimate of drug-likeness (QED) is 0.524. The summed E-state index contributed by atoms with van der Waals surface area (Å²) in [5.74, 6) is -0.705. The van der Waals surface area contributed by atoms with Gasteiger partial charge in [-0.15, -0.1) is 0 Å². The van der Waals surface area contributed by atoms with Crippen LogP contribution in [0.15, 0.2) is 0 Å². The number of hydrogen-bond acceptors (Lipinski definition) is 5. The zero-order valence-corrected chi connectivity index (χ0v) is 7.64. The maximum absolute atomic E-state index is 9.50. The van der Waals surface area contributed by atoms with Gasteiger partial charge in [0.15, 0.2) is 12.1 Å². The van der Waals surface area contributed by atoms with E-state index in [2.05, 4.69) is 0 Å². The van der Waals surface area contributed by atoms with Crippen molar-refractivity contribution in [1.82, 2.24) is 0 Å². The first-order valence-electron chi connectivity index (χ1n) is 4.33. The highest BCUT2D eigenvalue weighted by Gasteiger charge is 2.50. The van der Waals surface area contributed by atoms with Crippen LogP contribution in [0.5, 0.6) is 0 Å². The lowest BCUT2D eigenvalue weighted by atomic mass is 10.1. The standard InChI is InChI=1S/C8H14O5/c1-8(2)12-4-3-11-7(10)5(9)6(4)13-8/h4-7,9-10H,3H2,1-2H3/t4-,5?,6?,7-/m1/s1. The molecule has 0 aliphatic carbocycles. The van der Waals surface area contributed by atoms with Crippen LogP contribution < -0.4 is 0 Å². The molecule has 2 rings (SSSR count). The third-order valence-electron chi connectivity index (χ3n) is 2.28. The summed E-state index contributed by atoms with van der Waals surface area (Å²) >= 11 is 0. The van der Waals surface area contributed by atoms with Crippen LogP contribution in [0.2, 0.25) is 0 Å². The molecule has 0 radical (unpaired) electrons. The van der Waals surface area contributed by atoms with E-state index in [0.29, 0.717) is 0 Å². The van der Waals surface area contributed by atoms with Crippen LogP contribution in [-0.2, 0) is 14.2 Å². The molecule has 0 amide bonds. The fourth-order valence-corrected chi connectivity index (χ4v) is 1.74. The van der Waals surface area contributed by atoms with E-state index >= 15 is 0 Å². The van der Waals surface area contributed by atoms with Crippen LogP contribution in [0.25, 0.3) is 0 Å². The van der Waals surface area contributed by atoms with Gasteiger partial charge in [-0.05, 0) is 13.8 Å². The highest BCUT2D eigenvalue weighted by Crippen LogP contribution is 2.33. The molecule has 0 aromatic heterocycles. The number of aliphatic hydroxyl groups excluding tert-OH is 2. The second-order valence-electron chi connectivity index (χ2n) is 3.85. The first kappa shape index (κ1) is 9.36. The first-order valence-corrected chi connectivity index (χ1v) is 4.33. The fraction of sp³-hybridized carbons (Fsp3) is 1.00. The van der Waals surface area contributed by atoms with Gasteiger partial charge in [0.25, 0.3) is 0 Å². The zero-order chi connectivity index (χ0) is 9.64. The fourth-order valence-electron chi connectivity index (χ4n) is 1.74. The third-order valence-corrected chi connectivity index (χ3v) is 2.28. The molecule has 2 aliphatic rings. The minimum Gasteiger partial charge on any atom is -0.385 e. The summed E-state index contributed by atoms with van der Waals surface area (Å²) in [6.45, 7) is 3.79. The van der Waals surface area contributed by atoms with Gasteiger partial charge in [0.2, 0.25) is 0 Å². The van der Waals surface area contributed by atoms with Crippen LogP contribution in [0.4, 0.5) is 0 Å². The molecule has 0 bridgehead atoms. The lowest BCUT2D eigenvalue weighted by Crippen LogP contribution is -2.51. The molecule has 0 aromatic carbocycles. The molecule has 2 N–H and O–H groups in total. The topological polar surface area (TPSA) is 68.2 Å². The van der Waals surface area contributed by atoms with E-state index in [9.17, 15) is 10.2 Å². The summed E-state index contributed by atoms with van der Waals surface area (Å²) in [6.07, 6.45) is -2.97. The Labute approximate surface area is 76.2 Å². The van der Waals surface area contributed by atoms with Gasteiger partial charge in [0.05, 0.1) is 6.61 Å². The molecule has 13 heavy (non-hydrogen) atoms. The van der Waals surface area contributed by atoms with Gasteiger partial charge >= 0.3 is 0 Å². The minimum atomic E-state index is -1.17. The second-order valence-corrected chi connectivity index (χ2v) is 3.85. The summed E-state index contributed by atoms with van der Waals surface area (Å²) in [4.78, 5) is 0. The predicted octanol–water partition coefficient (Wildman–Crippen LogP) is -0.784. The van der Waals surface area contributed by atoms with Crippen molar-refractivity contribution in [3.63, 3.8) is 0 Å². The van der Waals surface area contributed by atoms with E-state index in [1.165, 1.54) is 0 Å². The monoisotopic (exact) mass is 190 g/mol. The molecule has 2 unspecified atom stereocenters. The number of fused-ring (bicyclic) bond motifs is 1. The van der Waals surface area contributed by atoms with Crippen LogP contribution in [0.1, 0.15) is 13.8 Å². The third kappa shape index (κ3) is 1.58. The SMILES string of the molecule is CC1(C)OC2C(O)[C@H](O)OC[C@H]2O1. The minimum absolute atomic E-state index is 0.256.